The van der Waals surface area contributed by atoms with Gasteiger partial charge in [0.05, 0.1) is 0 Å². The first kappa shape index (κ1) is 13.3. The normalized spacial score (nSPS) is 27.5. The van der Waals surface area contributed by atoms with Gasteiger partial charge in [-0.15, -0.1) is 0 Å². The molecule has 0 aromatic carbocycles. The van der Waals surface area contributed by atoms with Crippen LogP contribution < -0.4 is 0 Å². The Hall–Kier alpha value is -2.18. The van der Waals surface area contributed by atoms with Crippen molar-refractivity contribution in [2.75, 3.05) is 13.2 Å². The molecule has 0 bridgehead atoms. The largest absolute Gasteiger partial charge is 0.509 e. The molecular formula is C12H14O7. The minimum atomic E-state index is -0.684. The first-order valence-electron chi connectivity index (χ1n) is 5.74. The first-order valence-corrected chi connectivity index (χ1v) is 5.74. The van der Waals surface area contributed by atoms with Crippen LogP contribution in [0.15, 0.2) is 23.7 Å². The van der Waals surface area contributed by atoms with E-state index in [0.29, 0.717) is 11.5 Å². The molecule has 104 valence electrons. The third-order valence-electron chi connectivity index (χ3n) is 2.39. The molecule has 0 saturated carbocycles. The Morgan fingerprint density at radius 3 is 1.74 bits per heavy atom. The van der Waals surface area contributed by atoms with Crippen molar-refractivity contribution in [3.63, 3.8) is 0 Å². The topological polar surface area (TPSA) is 80.3 Å². The van der Waals surface area contributed by atoms with Gasteiger partial charge in [0.25, 0.3) is 0 Å². The number of hydrogen-bond acceptors (Lipinski definition) is 7. The number of hydrogen-bond donors (Lipinski definition) is 0. The Morgan fingerprint density at radius 2 is 1.42 bits per heavy atom. The second-order valence-electron chi connectivity index (χ2n) is 4.09. The van der Waals surface area contributed by atoms with Gasteiger partial charge in [-0.25, -0.2) is 9.59 Å². The highest BCUT2D eigenvalue weighted by atomic mass is 16.8. The van der Waals surface area contributed by atoms with Crippen molar-refractivity contribution in [1.82, 2.24) is 0 Å². The van der Waals surface area contributed by atoms with Gasteiger partial charge in [-0.1, -0.05) is 0 Å². The Balaban J connectivity index is 1.85. The van der Waals surface area contributed by atoms with E-state index in [1.807, 2.05) is 0 Å². The molecule has 2 aliphatic rings. The number of ether oxygens (including phenoxy) is 5. The van der Waals surface area contributed by atoms with E-state index in [9.17, 15) is 9.59 Å². The lowest BCUT2D eigenvalue weighted by atomic mass is 10.3. The molecule has 0 amide bonds. The molecule has 0 radical (unpaired) electrons. The highest BCUT2D eigenvalue weighted by Crippen LogP contribution is 2.15. The van der Waals surface area contributed by atoms with Crippen LogP contribution in [0, 0.1) is 0 Å². The summed E-state index contributed by atoms with van der Waals surface area (Å²) in [5, 5.41) is 0. The van der Waals surface area contributed by atoms with Gasteiger partial charge in [-0.3, -0.25) is 0 Å². The standard InChI is InChI=1S/C12H14O7/c1-7(3-9-5-15-11(13)18-9)17-8(2)4-10-6-16-12(14)19-10/h3-4,9-10H,5-6H2,1-2H3. The zero-order valence-electron chi connectivity index (χ0n) is 10.6. The van der Waals surface area contributed by atoms with Crippen molar-refractivity contribution < 1.29 is 33.3 Å². The SMILES string of the molecule is CC(=CC1COC(=O)O1)OC(C)=CC1COC(=O)O1. The molecule has 2 atom stereocenters. The average Bonchev–Trinajstić information content (AvgIpc) is 2.87. The van der Waals surface area contributed by atoms with Crippen LogP contribution in [0.3, 0.4) is 0 Å². The van der Waals surface area contributed by atoms with Crippen LogP contribution in [0.25, 0.3) is 0 Å². The van der Waals surface area contributed by atoms with Gasteiger partial charge in [-0.05, 0) is 26.0 Å². The van der Waals surface area contributed by atoms with Gasteiger partial charge in [0.1, 0.15) is 24.7 Å². The number of cyclic esters (lactones) is 4. The van der Waals surface area contributed by atoms with Crippen molar-refractivity contribution in [3.05, 3.63) is 23.7 Å². The Labute approximate surface area is 109 Å². The van der Waals surface area contributed by atoms with Crippen molar-refractivity contribution >= 4 is 12.3 Å². The Bertz CT molecular complexity index is 397. The lowest BCUT2D eigenvalue weighted by molar-refractivity contribution is 0.124. The number of rotatable bonds is 4. The molecule has 0 spiro atoms. The molecule has 2 rings (SSSR count). The van der Waals surface area contributed by atoms with Crippen molar-refractivity contribution in [1.29, 1.82) is 0 Å². The summed E-state index contributed by atoms with van der Waals surface area (Å²) in [6.07, 6.45) is 1.03. The average molecular weight is 270 g/mol. The van der Waals surface area contributed by atoms with E-state index in [1.54, 1.807) is 26.0 Å². The van der Waals surface area contributed by atoms with Crippen LogP contribution in [0.1, 0.15) is 13.8 Å². The molecule has 2 heterocycles. The van der Waals surface area contributed by atoms with Gasteiger partial charge >= 0.3 is 12.3 Å². The second kappa shape index (κ2) is 5.64. The van der Waals surface area contributed by atoms with E-state index in [-0.39, 0.29) is 13.2 Å². The summed E-state index contributed by atoms with van der Waals surface area (Å²) in [6.45, 7) is 3.80. The Morgan fingerprint density at radius 1 is 1.00 bits per heavy atom. The first-order chi connectivity index (χ1) is 9.02. The Kier molecular flexibility index (Phi) is 3.94. The maximum atomic E-state index is 10.7. The molecule has 2 saturated heterocycles. The highest BCUT2D eigenvalue weighted by Gasteiger charge is 2.24. The van der Waals surface area contributed by atoms with Crippen LogP contribution >= 0.6 is 0 Å². The summed E-state index contributed by atoms with van der Waals surface area (Å²) in [5.74, 6) is 1.12. The molecule has 7 heteroatoms. The maximum absolute atomic E-state index is 10.7. The summed E-state index contributed by atoms with van der Waals surface area (Å²) >= 11 is 0. The van der Waals surface area contributed by atoms with Gasteiger partial charge in [-0.2, -0.15) is 0 Å². The predicted octanol–water partition coefficient (Wildman–Crippen LogP) is 1.88. The zero-order valence-corrected chi connectivity index (χ0v) is 10.6. The van der Waals surface area contributed by atoms with Gasteiger partial charge < -0.3 is 23.7 Å². The molecule has 2 fully saturated rings. The molecule has 2 aliphatic heterocycles. The molecule has 0 N–H and O–H groups in total. The van der Waals surface area contributed by atoms with E-state index in [1.165, 1.54) is 0 Å². The van der Waals surface area contributed by atoms with Crippen LogP contribution in [-0.2, 0) is 23.7 Å². The number of carbonyl (C=O) groups is 2. The third kappa shape index (κ3) is 3.90. The lowest BCUT2D eigenvalue weighted by Gasteiger charge is -2.09. The summed E-state index contributed by atoms with van der Waals surface area (Å²) in [5.41, 5.74) is 0. The number of carbonyl (C=O) groups excluding carboxylic acids is 2. The van der Waals surface area contributed by atoms with E-state index >= 15 is 0 Å². The van der Waals surface area contributed by atoms with E-state index in [2.05, 4.69) is 9.47 Å². The summed E-state index contributed by atoms with van der Waals surface area (Å²) in [7, 11) is 0. The molecule has 2 unspecified atom stereocenters. The maximum Gasteiger partial charge on any atom is 0.509 e. The minimum absolute atomic E-state index is 0.177. The van der Waals surface area contributed by atoms with Crippen molar-refractivity contribution in [3.8, 4) is 0 Å². The van der Waals surface area contributed by atoms with E-state index < -0.39 is 24.5 Å². The molecule has 7 nitrogen and oxygen atoms in total. The number of allylic oxidation sites excluding steroid dienone is 2. The van der Waals surface area contributed by atoms with Gasteiger partial charge in [0.15, 0.2) is 12.2 Å². The van der Waals surface area contributed by atoms with Crippen LogP contribution in [0.2, 0.25) is 0 Å². The molecule has 0 aromatic heterocycles. The summed E-state index contributed by atoms with van der Waals surface area (Å²) in [6, 6.07) is 0. The third-order valence-corrected chi connectivity index (χ3v) is 2.39. The highest BCUT2D eigenvalue weighted by molar-refractivity contribution is 5.62. The van der Waals surface area contributed by atoms with Crippen LogP contribution in [0.4, 0.5) is 9.59 Å². The van der Waals surface area contributed by atoms with Gasteiger partial charge in [0, 0.05) is 0 Å². The lowest BCUT2D eigenvalue weighted by Crippen LogP contribution is -2.08. The smallest absolute Gasteiger partial charge is 0.467 e. The van der Waals surface area contributed by atoms with Crippen molar-refractivity contribution in [2.24, 2.45) is 0 Å². The fraction of sp³-hybridized carbons (Fsp3) is 0.500. The minimum Gasteiger partial charge on any atom is -0.467 e. The monoisotopic (exact) mass is 270 g/mol. The van der Waals surface area contributed by atoms with Crippen LogP contribution in [-0.4, -0.2) is 37.7 Å². The fourth-order valence-corrected chi connectivity index (χ4v) is 1.69. The fourth-order valence-electron chi connectivity index (χ4n) is 1.69. The predicted molar refractivity (Wildman–Crippen MR) is 61.0 cm³/mol. The molecule has 0 aliphatic carbocycles. The second-order valence-corrected chi connectivity index (χ2v) is 4.09. The molecule has 19 heavy (non-hydrogen) atoms. The van der Waals surface area contributed by atoms with Gasteiger partial charge in [0.2, 0.25) is 0 Å². The zero-order chi connectivity index (χ0) is 13.8. The summed E-state index contributed by atoms with van der Waals surface area (Å²) in [4.78, 5) is 21.5. The quantitative estimate of drug-likeness (QED) is 0.570. The summed E-state index contributed by atoms with van der Waals surface area (Å²) < 4.78 is 24.4. The van der Waals surface area contributed by atoms with E-state index in [0.717, 1.165) is 0 Å². The van der Waals surface area contributed by atoms with E-state index in [4.69, 9.17) is 14.2 Å². The van der Waals surface area contributed by atoms with Crippen LogP contribution in [0.5, 0.6) is 0 Å². The molecule has 0 aromatic rings. The van der Waals surface area contributed by atoms with Crippen molar-refractivity contribution in [2.45, 2.75) is 26.1 Å². The molecular weight excluding hydrogens is 256 g/mol.